The van der Waals surface area contributed by atoms with Gasteiger partial charge in [-0.3, -0.25) is 9.82 Å². The standard InChI is InChI=1S/8C2H6N.2N3.2Ta/c10*1-3-2;;/h8*1-2H3;;;;/q10*-1;2*+5. The zero-order chi connectivity index (χ0) is 27.1. The molecule has 0 saturated carbocycles. The van der Waals surface area contributed by atoms with Gasteiger partial charge in [0, 0.05) is 0 Å². The normalized spacial score (nSPS) is 5.00. The summed E-state index contributed by atoms with van der Waals surface area (Å²) in [7, 11) is 28.0. The van der Waals surface area contributed by atoms with Crippen molar-refractivity contribution in [3.63, 3.8) is 0 Å². The Labute approximate surface area is 231 Å². The number of nitrogens with zero attached hydrogens (tertiary/aromatic N) is 14. The van der Waals surface area contributed by atoms with Crippen LogP contribution < -0.4 is 0 Å². The van der Waals surface area contributed by atoms with Crippen LogP contribution in [0.2, 0.25) is 0 Å². The molecule has 0 heterocycles. The summed E-state index contributed by atoms with van der Waals surface area (Å²) < 4.78 is 0. The molecule has 14 nitrogen and oxygen atoms in total. The molecule has 0 saturated heterocycles. The minimum absolute atomic E-state index is 0. The Bertz CT molecular complexity index is 158. The van der Waals surface area contributed by atoms with E-state index in [2.05, 4.69) is 42.5 Å². The van der Waals surface area contributed by atoms with Crippen LogP contribution >= 0.6 is 0 Å². The van der Waals surface area contributed by atoms with Crippen LogP contribution in [0.3, 0.4) is 0 Å². The van der Waals surface area contributed by atoms with Crippen molar-refractivity contribution in [3.8, 4) is 0 Å². The summed E-state index contributed by atoms with van der Waals surface area (Å²) in [5.41, 5.74) is 27.0. The topological polar surface area (TPSA) is 230 Å². The Balaban J connectivity index is -0.0000000138. The van der Waals surface area contributed by atoms with Crippen molar-refractivity contribution in [2.24, 2.45) is 0 Å². The van der Waals surface area contributed by atoms with E-state index in [9.17, 15) is 0 Å². The van der Waals surface area contributed by atoms with Gasteiger partial charge in [-0.2, -0.15) is 113 Å². The molecule has 0 unspecified atom stereocenters. The third-order valence-corrected chi connectivity index (χ3v) is 0. The molecule has 0 amide bonds. The third-order valence-electron chi connectivity index (χ3n) is 0. The van der Waals surface area contributed by atoms with Gasteiger partial charge in [0.25, 0.3) is 0 Å². The molecule has 0 spiro atoms. The van der Waals surface area contributed by atoms with Crippen molar-refractivity contribution >= 4 is 0 Å². The van der Waals surface area contributed by atoms with Gasteiger partial charge in [0.2, 0.25) is 0 Å². The minimum Gasteiger partial charge on any atom is -0.668 e. The van der Waals surface area contributed by atoms with Gasteiger partial charge in [0.05, 0.1) is 0 Å². The average Bonchev–Trinajstić information content (AvgIpc) is 2.61. The van der Waals surface area contributed by atoms with Gasteiger partial charge in [-0.05, 0) is 0 Å². The van der Waals surface area contributed by atoms with Crippen LogP contribution in [0.4, 0.5) is 0 Å². The molecule has 0 aliphatic rings. The maximum atomic E-state index is 6.75. The largest absolute Gasteiger partial charge is 5.00 e. The molecule has 0 atom stereocenters. The third kappa shape index (κ3) is 512000. The van der Waals surface area contributed by atoms with Crippen LogP contribution in [0.1, 0.15) is 0 Å². The monoisotopic (exact) mass is 798 g/mol. The predicted molar refractivity (Wildman–Crippen MR) is 142 cm³/mol. The van der Waals surface area contributed by atoms with Crippen LogP contribution in [0, 0.1) is 0 Å². The van der Waals surface area contributed by atoms with Crippen molar-refractivity contribution in [3.05, 3.63) is 74.5 Å². The van der Waals surface area contributed by atoms with Crippen LogP contribution in [0.5, 0.6) is 0 Å². The summed E-state index contributed by atoms with van der Waals surface area (Å²) in [5.74, 6) is 0. The van der Waals surface area contributed by atoms with Crippen molar-refractivity contribution in [2.45, 2.75) is 0 Å². The summed E-state index contributed by atoms with van der Waals surface area (Å²) in [5, 5.41) is 28.0. The van der Waals surface area contributed by atoms with Gasteiger partial charge in [-0.1, -0.05) is 0 Å². The molecule has 0 aromatic carbocycles. The van der Waals surface area contributed by atoms with Gasteiger partial charge in [0.1, 0.15) is 0 Å². The molecule has 0 fully saturated rings. The zero-order valence-corrected chi connectivity index (χ0v) is 29.6. The summed E-state index contributed by atoms with van der Waals surface area (Å²) in [6.45, 7) is 0. The van der Waals surface area contributed by atoms with Crippen molar-refractivity contribution < 1.29 is 44.8 Å². The van der Waals surface area contributed by atoms with Gasteiger partial charge in [0.15, 0.2) is 0 Å². The molecule has 0 N–H and O–H groups in total. The van der Waals surface area contributed by atoms with Crippen LogP contribution in [-0.2, 0) is 44.8 Å². The molecule has 32 heavy (non-hydrogen) atoms. The Morgan fingerprint density at radius 1 is 0.281 bits per heavy atom. The maximum absolute atomic E-state index is 6.75. The smallest absolute Gasteiger partial charge is 0.668 e. The fourth-order valence-electron chi connectivity index (χ4n) is 0. The van der Waals surface area contributed by atoms with Crippen molar-refractivity contribution in [2.75, 3.05) is 113 Å². The molecule has 0 bridgehead atoms. The van der Waals surface area contributed by atoms with Gasteiger partial charge in [-0.25, -0.2) is 0 Å². The first-order chi connectivity index (χ1) is 14.1. The Kier molecular flexibility index (Phi) is 686. The first-order valence-corrected chi connectivity index (χ1v) is 7.96. The van der Waals surface area contributed by atoms with Crippen LogP contribution in [0.25, 0.3) is 74.5 Å². The summed E-state index contributed by atoms with van der Waals surface area (Å²) in [6, 6.07) is 0. The van der Waals surface area contributed by atoms with E-state index in [1.807, 2.05) is 0 Å². The van der Waals surface area contributed by atoms with E-state index in [1.165, 1.54) is 9.82 Å². The van der Waals surface area contributed by atoms with Crippen molar-refractivity contribution in [1.82, 2.24) is 0 Å². The summed E-state index contributed by atoms with van der Waals surface area (Å²) >= 11 is 0. The van der Waals surface area contributed by atoms with Crippen LogP contribution in [-0.4, -0.2) is 113 Å². The molecule has 0 aliphatic carbocycles. The van der Waals surface area contributed by atoms with Crippen LogP contribution in [0.15, 0.2) is 0 Å². The molecule has 192 valence electrons. The molecular weight excluding hydrogens is 750 g/mol. The fourth-order valence-corrected chi connectivity index (χ4v) is 0. The Hall–Kier alpha value is -0.219. The van der Waals surface area contributed by atoms with E-state index >= 15 is 0 Å². The van der Waals surface area contributed by atoms with Crippen molar-refractivity contribution in [1.29, 1.82) is 0 Å². The predicted octanol–water partition coefficient (Wildman–Crippen LogP) is 6.68. The Morgan fingerprint density at radius 3 is 0.281 bits per heavy atom. The second-order valence-electron chi connectivity index (χ2n) is 3.76. The minimum atomic E-state index is 0. The van der Waals surface area contributed by atoms with E-state index in [0.29, 0.717) is 0 Å². The van der Waals surface area contributed by atoms with Gasteiger partial charge < -0.3 is 64.7 Å². The molecule has 0 radical (unpaired) electrons. The van der Waals surface area contributed by atoms with E-state index in [1.54, 1.807) is 113 Å². The summed E-state index contributed by atoms with van der Waals surface area (Å²) in [4.78, 5) is 3.00. The average molecular weight is 799 g/mol. The molecule has 0 aromatic rings. The molecular formula is C16H48N14Ta2. The maximum Gasteiger partial charge on any atom is 5.00 e. The second kappa shape index (κ2) is 285. The van der Waals surface area contributed by atoms with E-state index in [-0.39, 0.29) is 44.8 Å². The Morgan fingerprint density at radius 2 is 0.281 bits per heavy atom. The molecule has 0 aromatic heterocycles. The first-order valence-electron chi connectivity index (χ1n) is 7.96. The number of hydrogen-bond donors (Lipinski definition) is 0. The number of hydrogen-bond acceptors (Lipinski definition) is 0. The van der Waals surface area contributed by atoms with Gasteiger partial charge in [-0.15, -0.1) is 0 Å². The van der Waals surface area contributed by atoms with E-state index < -0.39 is 0 Å². The zero-order valence-electron chi connectivity index (χ0n) is 23.2. The SMILES string of the molecule is C[N-]C.C[N-]C.C[N-]C.C[N-]C.C[N-]C.C[N-]C.C[N-]C.C[N-]C.[N-]=[N+]=[N-].[N-]=[N+]=[N-].[Ta+5].[Ta+5]. The van der Waals surface area contributed by atoms with Gasteiger partial charge >= 0.3 is 44.8 Å². The number of rotatable bonds is 0. The van der Waals surface area contributed by atoms with E-state index in [4.69, 9.17) is 22.1 Å². The molecule has 16 heteroatoms. The fraction of sp³-hybridized carbons (Fsp3) is 1.00. The first kappa shape index (κ1) is 77.0. The second-order valence-corrected chi connectivity index (χ2v) is 3.76. The summed E-state index contributed by atoms with van der Waals surface area (Å²) in [6.07, 6.45) is 0. The quantitative estimate of drug-likeness (QED) is 0.142. The molecule has 0 rings (SSSR count). The van der Waals surface area contributed by atoms with E-state index in [0.717, 1.165) is 0 Å². The molecule has 0 aliphatic heterocycles.